The van der Waals surface area contributed by atoms with Crippen LogP contribution in [0.3, 0.4) is 0 Å². The maximum Gasteiger partial charge on any atom is 0.238 e. The molecule has 0 aliphatic heterocycles. The summed E-state index contributed by atoms with van der Waals surface area (Å²) in [6, 6.07) is 26.5. The highest BCUT2D eigenvalue weighted by Crippen LogP contribution is 2.23. The van der Waals surface area contributed by atoms with Crippen molar-refractivity contribution in [2.45, 2.75) is 26.4 Å². The van der Waals surface area contributed by atoms with E-state index in [9.17, 15) is 0 Å². The fraction of sp³-hybridized carbons (Fsp3) is 0.182. The second kappa shape index (κ2) is 8.81. The van der Waals surface area contributed by atoms with Crippen molar-refractivity contribution in [1.82, 2.24) is 0 Å². The number of hydrogen-bond acceptors (Lipinski definition) is 4. The smallest absolute Gasteiger partial charge is 0.238 e. The Balaban J connectivity index is 1.55. The minimum atomic E-state index is -0.425. The van der Waals surface area contributed by atoms with Gasteiger partial charge in [0, 0.05) is 19.9 Å². The number of benzene rings is 3. The summed E-state index contributed by atoms with van der Waals surface area (Å²) in [6.07, 6.45) is -0.851. The predicted molar refractivity (Wildman–Crippen MR) is 101 cm³/mol. The van der Waals surface area contributed by atoms with E-state index >= 15 is 0 Å². The molecule has 3 aromatic carbocycles. The third-order valence-corrected chi connectivity index (χ3v) is 3.50. The lowest BCUT2D eigenvalue weighted by atomic mass is 10.3. The summed E-state index contributed by atoms with van der Waals surface area (Å²) in [7, 11) is 0. The zero-order valence-corrected chi connectivity index (χ0v) is 14.9. The van der Waals surface area contributed by atoms with E-state index in [0.717, 1.165) is 11.5 Å². The Hall–Kier alpha value is -3.14. The first-order valence-corrected chi connectivity index (χ1v) is 8.56. The molecule has 0 amide bonds. The van der Waals surface area contributed by atoms with Crippen molar-refractivity contribution in [3.63, 3.8) is 0 Å². The average Bonchev–Trinajstić information content (AvgIpc) is 2.63. The van der Waals surface area contributed by atoms with Gasteiger partial charge in [0.1, 0.15) is 23.0 Å². The van der Waals surface area contributed by atoms with Crippen molar-refractivity contribution in [2.75, 3.05) is 0 Å². The van der Waals surface area contributed by atoms with Crippen molar-refractivity contribution in [3.05, 3.63) is 84.9 Å². The van der Waals surface area contributed by atoms with Crippen molar-refractivity contribution in [2.24, 2.45) is 0 Å². The molecule has 26 heavy (non-hydrogen) atoms. The van der Waals surface area contributed by atoms with Crippen molar-refractivity contribution in [3.8, 4) is 23.0 Å². The van der Waals surface area contributed by atoms with Gasteiger partial charge in [-0.3, -0.25) is 0 Å². The summed E-state index contributed by atoms with van der Waals surface area (Å²) in [6.45, 7) is 3.70. The van der Waals surface area contributed by atoms with E-state index in [1.54, 1.807) is 0 Å². The second-order valence-electron chi connectivity index (χ2n) is 5.71. The summed E-state index contributed by atoms with van der Waals surface area (Å²) >= 11 is 0. The Kier molecular flexibility index (Phi) is 5.99. The minimum Gasteiger partial charge on any atom is -0.455 e. The standard InChI is InChI=1S/C22H22O4/c1-17(23-19-10-5-3-6-11-19)25-21-14-9-15-22(16-21)26-18(2)24-20-12-7-4-8-13-20/h3-18H,1-2H3. The van der Waals surface area contributed by atoms with Gasteiger partial charge in [0.15, 0.2) is 0 Å². The molecule has 3 aromatic rings. The lowest BCUT2D eigenvalue weighted by Gasteiger charge is -2.19. The van der Waals surface area contributed by atoms with Crippen molar-refractivity contribution >= 4 is 0 Å². The molecule has 3 rings (SSSR count). The zero-order valence-electron chi connectivity index (χ0n) is 14.9. The Bertz CT molecular complexity index is 725. The highest BCUT2D eigenvalue weighted by molar-refractivity contribution is 5.33. The summed E-state index contributed by atoms with van der Waals surface area (Å²) in [5.41, 5.74) is 0. The molecule has 0 fully saturated rings. The molecular formula is C22H22O4. The quantitative estimate of drug-likeness (QED) is 0.517. The van der Waals surface area contributed by atoms with Crippen LogP contribution in [-0.4, -0.2) is 12.6 Å². The number of ether oxygens (including phenoxy) is 4. The van der Waals surface area contributed by atoms with E-state index in [4.69, 9.17) is 18.9 Å². The van der Waals surface area contributed by atoms with Gasteiger partial charge in [0.25, 0.3) is 0 Å². The molecule has 0 saturated heterocycles. The van der Waals surface area contributed by atoms with Crippen LogP contribution in [0, 0.1) is 0 Å². The minimum absolute atomic E-state index is 0.425. The summed E-state index contributed by atoms with van der Waals surface area (Å²) in [5, 5.41) is 0. The molecule has 0 aliphatic carbocycles. The van der Waals surface area contributed by atoms with Gasteiger partial charge < -0.3 is 18.9 Å². The fourth-order valence-corrected chi connectivity index (χ4v) is 2.43. The maximum absolute atomic E-state index is 5.82. The van der Waals surface area contributed by atoms with Crippen molar-refractivity contribution in [1.29, 1.82) is 0 Å². The molecular weight excluding hydrogens is 328 g/mol. The van der Waals surface area contributed by atoms with E-state index in [1.165, 1.54) is 0 Å². The molecule has 0 aromatic heterocycles. The lowest BCUT2D eigenvalue weighted by molar-refractivity contribution is 0.0168. The first kappa shape index (κ1) is 17.7. The van der Waals surface area contributed by atoms with Crippen LogP contribution in [-0.2, 0) is 0 Å². The molecule has 4 heteroatoms. The van der Waals surface area contributed by atoms with Crippen LogP contribution >= 0.6 is 0 Å². The molecule has 2 atom stereocenters. The van der Waals surface area contributed by atoms with E-state index in [1.807, 2.05) is 98.8 Å². The van der Waals surface area contributed by atoms with Crippen LogP contribution in [0.4, 0.5) is 0 Å². The summed E-state index contributed by atoms with van der Waals surface area (Å²) in [5.74, 6) is 2.85. The molecule has 4 nitrogen and oxygen atoms in total. The first-order valence-electron chi connectivity index (χ1n) is 8.56. The third-order valence-electron chi connectivity index (χ3n) is 3.50. The Morgan fingerprint density at radius 1 is 0.462 bits per heavy atom. The van der Waals surface area contributed by atoms with E-state index < -0.39 is 12.6 Å². The third kappa shape index (κ3) is 5.45. The van der Waals surface area contributed by atoms with Crippen LogP contribution in [0.1, 0.15) is 13.8 Å². The van der Waals surface area contributed by atoms with Crippen LogP contribution in [0.5, 0.6) is 23.0 Å². The fourth-order valence-electron chi connectivity index (χ4n) is 2.43. The topological polar surface area (TPSA) is 36.9 Å². The molecule has 0 saturated carbocycles. The second-order valence-corrected chi connectivity index (χ2v) is 5.71. The van der Waals surface area contributed by atoms with Gasteiger partial charge in [-0.2, -0.15) is 0 Å². The van der Waals surface area contributed by atoms with Gasteiger partial charge in [-0.15, -0.1) is 0 Å². The maximum atomic E-state index is 5.82. The van der Waals surface area contributed by atoms with Gasteiger partial charge in [-0.1, -0.05) is 42.5 Å². The average molecular weight is 350 g/mol. The zero-order chi connectivity index (χ0) is 18.2. The largest absolute Gasteiger partial charge is 0.455 e. The van der Waals surface area contributed by atoms with E-state index in [-0.39, 0.29) is 0 Å². The molecule has 0 N–H and O–H groups in total. The van der Waals surface area contributed by atoms with Crippen LogP contribution in [0.2, 0.25) is 0 Å². The molecule has 134 valence electrons. The number of para-hydroxylation sites is 2. The van der Waals surface area contributed by atoms with Crippen molar-refractivity contribution < 1.29 is 18.9 Å². The number of rotatable bonds is 8. The predicted octanol–water partition coefficient (Wildman–Crippen LogP) is 5.29. The van der Waals surface area contributed by atoms with E-state index in [2.05, 4.69) is 0 Å². The van der Waals surface area contributed by atoms with Gasteiger partial charge in [-0.05, 0) is 36.4 Å². The van der Waals surface area contributed by atoms with E-state index in [0.29, 0.717) is 11.5 Å². The first-order chi connectivity index (χ1) is 12.7. The Morgan fingerprint density at radius 2 is 0.808 bits per heavy atom. The van der Waals surface area contributed by atoms with Gasteiger partial charge in [0.2, 0.25) is 12.6 Å². The number of hydrogen-bond donors (Lipinski definition) is 0. The van der Waals surface area contributed by atoms with Crippen LogP contribution in [0.25, 0.3) is 0 Å². The van der Waals surface area contributed by atoms with Crippen LogP contribution in [0.15, 0.2) is 84.9 Å². The highest BCUT2D eigenvalue weighted by atomic mass is 16.7. The lowest BCUT2D eigenvalue weighted by Crippen LogP contribution is -2.20. The van der Waals surface area contributed by atoms with Crippen LogP contribution < -0.4 is 18.9 Å². The van der Waals surface area contributed by atoms with Gasteiger partial charge in [-0.25, -0.2) is 0 Å². The monoisotopic (exact) mass is 350 g/mol. The normalized spacial score (nSPS) is 12.7. The molecule has 0 spiro atoms. The molecule has 0 radical (unpaired) electrons. The Morgan fingerprint density at radius 3 is 1.23 bits per heavy atom. The molecule has 0 bridgehead atoms. The highest BCUT2D eigenvalue weighted by Gasteiger charge is 2.09. The summed E-state index contributed by atoms with van der Waals surface area (Å²) < 4.78 is 23.1. The van der Waals surface area contributed by atoms with Gasteiger partial charge in [0.05, 0.1) is 0 Å². The Labute approximate surface area is 153 Å². The van der Waals surface area contributed by atoms with Gasteiger partial charge >= 0.3 is 0 Å². The SMILES string of the molecule is CC(Oc1ccccc1)Oc1cccc(OC(C)Oc2ccccc2)c1. The molecule has 0 aliphatic rings. The summed E-state index contributed by atoms with van der Waals surface area (Å²) in [4.78, 5) is 0. The molecule has 0 heterocycles. The molecule has 2 unspecified atom stereocenters.